The third kappa shape index (κ3) is 4.72. The van der Waals surface area contributed by atoms with Crippen LogP contribution in [0.2, 0.25) is 0 Å². The lowest BCUT2D eigenvalue weighted by Crippen LogP contribution is -2.50. The second-order valence-electron chi connectivity index (χ2n) is 5.11. The molecule has 0 spiro atoms. The van der Waals surface area contributed by atoms with Crippen molar-refractivity contribution in [2.45, 2.75) is 23.5 Å². The normalized spacial score (nSPS) is 22.0. The molecule has 0 saturated carbocycles. The summed E-state index contributed by atoms with van der Waals surface area (Å²) in [6.07, 6.45) is 0.170. The number of rotatable bonds is 7. The van der Waals surface area contributed by atoms with Gasteiger partial charge in [0.15, 0.2) is 0 Å². The van der Waals surface area contributed by atoms with Crippen molar-refractivity contribution >= 4 is 15.9 Å². The number of benzene rings is 1. The summed E-state index contributed by atoms with van der Waals surface area (Å²) in [5.41, 5.74) is 5.36. The summed E-state index contributed by atoms with van der Waals surface area (Å²) in [4.78, 5) is 11.0. The van der Waals surface area contributed by atoms with E-state index >= 15 is 0 Å². The third-order valence-electron chi connectivity index (χ3n) is 3.47. The van der Waals surface area contributed by atoms with Crippen LogP contribution in [0.1, 0.15) is 16.8 Å². The summed E-state index contributed by atoms with van der Waals surface area (Å²) in [5.74, 6) is -0.625. The molecule has 9 heteroatoms. The first-order chi connectivity index (χ1) is 10.9. The number of primary amides is 1. The lowest BCUT2D eigenvalue weighted by Gasteiger charge is -2.31. The summed E-state index contributed by atoms with van der Waals surface area (Å²) in [6, 6.07) is 4.80. The predicted molar refractivity (Wildman–Crippen MR) is 81.3 cm³/mol. The van der Waals surface area contributed by atoms with E-state index in [1.165, 1.54) is 24.3 Å². The number of nitrogens with two attached hydrogens (primary N) is 1. The molecule has 0 radical (unpaired) electrons. The maximum atomic E-state index is 12.4. The highest BCUT2D eigenvalue weighted by Crippen LogP contribution is 2.16. The van der Waals surface area contributed by atoms with Crippen molar-refractivity contribution in [3.63, 3.8) is 0 Å². The zero-order valence-corrected chi connectivity index (χ0v) is 13.3. The van der Waals surface area contributed by atoms with E-state index < -0.39 is 22.0 Å². The van der Waals surface area contributed by atoms with Crippen LogP contribution in [0.25, 0.3) is 0 Å². The van der Waals surface area contributed by atoms with Gasteiger partial charge in [-0.1, -0.05) is 0 Å². The standard InChI is InChI=1S/C14H20N2O6S/c15-14(18)10-1-3-11(4-2-10)23(19,20)16-12-9-21-7-5-13(12)22-8-6-17/h1-4,12-13,16-17H,5-9H2,(H2,15,18)/t12-,13+/m1/s1. The van der Waals surface area contributed by atoms with Crippen LogP contribution in [0.4, 0.5) is 0 Å². The Kier molecular flexibility index (Phi) is 6.08. The molecule has 0 aromatic heterocycles. The van der Waals surface area contributed by atoms with Gasteiger partial charge in [-0.3, -0.25) is 4.79 Å². The van der Waals surface area contributed by atoms with Gasteiger partial charge in [-0.15, -0.1) is 0 Å². The highest BCUT2D eigenvalue weighted by atomic mass is 32.2. The molecule has 1 fully saturated rings. The van der Waals surface area contributed by atoms with Crippen molar-refractivity contribution < 1.29 is 27.8 Å². The number of amides is 1. The van der Waals surface area contributed by atoms with Crippen LogP contribution in [0.15, 0.2) is 29.2 Å². The molecule has 1 aliphatic heterocycles. The highest BCUT2D eigenvalue weighted by Gasteiger charge is 2.30. The van der Waals surface area contributed by atoms with Crippen molar-refractivity contribution in [3.8, 4) is 0 Å². The fourth-order valence-electron chi connectivity index (χ4n) is 2.30. The van der Waals surface area contributed by atoms with Crippen LogP contribution in [0, 0.1) is 0 Å². The number of aliphatic hydroxyl groups excluding tert-OH is 1. The molecule has 128 valence electrons. The van der Waals surface area contributed by atoms with E-state index in [1.807, 2.05) is 0 Å². The molecule has 23 heavy (non-hydrogen) atoms. The van der Waals surface area contributed by atoms with Gasteiger partial charge in [0.05, 0.1) is 36.9 Å². The molecule has 0 aliphatic carbocycles. The summed E-state index contributed by atoms with van der Waals surface area (Å²) < 4.78 is 38.1. The van der Waals surface area contributed by atoms with E-state index in [9.17, 15) is 13.2 Å². The van der Waals surface area contributed by atoms with Crippen LogP contribution in [0.3, 0.4) is 0 Å². The number of carbonyl (C=O) groups excluding carboxylic acids is 1. The van der Waals surface area contributed by atoms with Gasteiger partial charge in [0, 0.05) is 12.2 Å². The van der Waals surface area contributed by atoms with E-state index in [2.05, 4.69) is 4.72 Å². The molecule has 1 amide bonds. The molecule has 0 unspecified atom stereocenters. The fraction of sp³-hybridized carbons (Fsp3) is 0.500. The molecule has 1 heterocycles. The lowest BCUT2D eigenvalue weighted by atomic mass is 10.1. The molecule has 1 aliphatic rings. The van der Waals surface area contributed by atoms with Crippen LogP contribution in [-0.4, -0.2) is 58.0 Å². The quantitative estimate of drug-likeness (QED) is 0.596. The van der Waals surface area contributed by atoms with E-state index in [4.69, 9.17) is 20.3 Å². The molecule has 1 aromatic rings. The van der Waals surface area contributed by atoms with Gasteiger partial charge in [0.1, 0.15) is 0 Å². The van der Waals surface area contributed by atoms with Gasteiger partial charge < -0.3 is 20.3 Å². The molecule has 4 N–H and O–H groups in total. The van der Waals surface area contributed by atoms with E-state index in [1.54, 1.807) is 0 Å². The lowest BCUT2D eigenvalue weighted by molar-refractivity contribution is -0.0580. The average Bonchev–Trinajstić information content (AvgIpc) is 2.54. The van der Waals surface area contributed by atoms with E-state index in [0.717, 1.165) is 0 Å². The Morgan fingerprint density at radius 1 is 1.39 bits per heavy atom. The van der Waals surface area contributed by atoms with Crippen molar-refractivity contribution in [3.05, 3.63) is 29.8 Å². The summed E-state index contributed by atoms with van der Waals surface area (Å²) in [7, 11) is -3.78. The number of hydrogen-bond acceptors (Lipinski definition) is 6. The minimum atomic E-state index is -3.78. The Morgan fingerprint density at radius 2 is 2.09 bits per heavy atom. The van der Waals surface area contributed by atoms with Gasteiger partial charge in [0.25, 0.3) is 0 Å². The van der Waals surface area contributed by atoms with Crippen LogP contribution in [0.5, 0.6) is 0 Å². The zero-order valence-electron chi connectivity index (χ0n) is 12.5. The molecular formula is C14H20N2O6S. The Labute approximate surface area is 134 Å². The Balaban J connectivity index is 2.10. The monoisotopic (exact) mass is 344 g/mol. The largest absolute Gasteiger partial charge is 0.394 e. The van der Waals surface area contributed by atoms with E-state index in [-0.39, 0.29) is 36.4 Å². The van der Waals surface area contributed by atoms with Gasteiger partial charge in [-0.2, -0.15) is 0 Å². The van der Waals surface area contributed by atoms with Crippen molar-refractivity contribution in [1.82, 2.24) is 4.72 Å². The van der Waals surface area contributed by atoms with Crippen molar-refractivity contribution in [1.29, 1.82) is 0 Å². The molecule has 1 saturated heterocycles. The number of hydrogen-bond donors (Lipinski definition) is 3. The van der Waals surface area contributed by atoms with Crippen molar-refractivity contribution in [2.24, 2.45) is 5.73 Å². The highest BCUT2D eigenvalue weighted by molar-refractivity contribution is 7.89. The summed E-state index contributed by atoms with van der Waals surface area (Å²) in [6.45, 7) is 0.665. The Bertz CT molecular complexity index is 631. The first-order valence-electron chi connectivity index (χ1n) is 7.16. The number of nitrogens with one attached hydrogen (secondary N) is 1. The first kappa shape index (κ1) is 17.8. The number of aliphatic hydroxyl groups is 1. The molecule has 8 nitrogen and oxygen atoms in total. The van der Waals surface area contributed by atoms with E-state index in [0.29, 0.717) is 13.0 Å². The van der Waals surface area contributed by atoms with Crippen LogP contribution < -0.4 is 10.5 Å². The maximum absolute atomic E-state index is 12.4. The summed E-state index contributed by atoms with van der Waals surface area (Å²) in [5, 5.41) is 8.83. The minimum Gasteiger partial charge on any atom is -0.394 e. The van der Waals surface area contributed by atoms with Crippen LogP contribution >= 0.6 is 0 Å². The maximum Gasteiger partial charge on any atom is 0.248 e. The fourth-order valence-corrected chi connectivity index (χ4v) is 3.55. The Hall–Kier alpha value is -1.52. The smallest absolute Gasteiger partial charge is 0.248 e. The van der Waals surface area contributed by atoms with Gasteiger partial charge in [-0.05, 0) is 30.7 Å². The van der Waals surface area contributed by atoms with Gasteiger partial charge in [0.2, 0.25) is 15.9 Å². The number of ether oxygens (including phenoxy) is 2. The third-order valence-corrected chi connectivity index (χ3v) is 4.98. The molecular weight excluding hydrogens is 324 g/mol. The number of carbonyl (C=O) groups is 1. The average molecular weight is 344 g/mol. The molecule has 1 aromatic carbocycles. The molecule has 2 atom stereocenters. The van der Waals surface area contributed by atoms with Gasteiger partial charge >= 0.3 is 0 Å². The topological polar surface area (TPSA) is 128 Å². The Morgan fingerprint density at radius 3 is 2.70 bits per heavy atom. The molecule has 0 bridgehead atoms. The molecule has 2 rings (SSSR count). The summed E-state index contributed by atoms with van der Waals surface area (Å²) >= 11 is 0. The zero-order chi connectivity index (χ0) is 16.9. The predicted octanol–water partition coefficient (Wildman–Crippen LogP) is -0.770. The first-order valence-corrected chi connectivity index (χ1v) is 8.65. The second kappa shape index (κ2) is 7.84. The SMILES string of the molecule is NC(=O)c1ccc(S(=O)(=O)N[C@@H]2COCC[C@@H]2OCCO)cc1. The van der Waals surface area contributed by atoms with Gasteiger partial charge in [-0.25, -0.2) is 13.1 Å². The second-order valence-corrected chi connectivity index (χ2v) is 6.83. The number of sulfonamides is 1. The van der Waals surface area contributed by atoms with Crippen molar-refractivity contribution in [2.75, 3.05) is 26.4 Å². The minimum absolute atomic E-state index is 0.0222. The van der Waals surface area contributed by atoms with Crippen LogP contribution in [-0.2, 0) is 19.5 Å².